The second-order valence-corrected chi connectivity index (χ2v) is 4.83. The zero-order valence-electron chi connectivity index (χ0n) is 10.4. The molecule has 1 amide bonds. The molecule has 4 heteroatoms. The molecule has 1 atom stereocenters. The van der Waals surface area contributed by atoms with E-state index in [9.17, 15) is 4.79 Å². The van der Waals surface area contributed by atoms with E-state index in [1.807, 2.05) is 19.1 Å². The summed E-state index contributed by atoms with van der Waals surface area (Å²) >= 11 is 0. The third kappa shape index (κ3) is 2.10. The van der Waals surface area contributed by atoms with Crippen molar-refractivity contribution in [2.24, 2.45) is 4.99 Å². The Bertz CT molecular complexity index is 488. The topological polar surface area (TPSA) is 53.5 Å². The van der Waals surface area contributed by atoms with Gasteiger partial charge in [-0.1, -0.05) is 24.3 Å². The highest BCUT2D eigenvalue weighted by Gasteiger charge is 2.30. The SMILES string of the molecule is CCN=C1NC(=O)C(c2ccc(C3CC3)cc2)N1. The van der Waals surface area contributed by atoms with Gasteiger partial charge < -0.3 is 5.32 Å². The Morgan fingerprint density at radius 3 is 2.50 bits per heavy atom. The minimum Gasteiger partial charge on any atom is -0.340 e. The molecule has 1 heterocycles. The molecule has 1 unspecified atom stereocenters. The maximum atomic E-state index is 11.8. The maximum Gasteiger partial charge on any atom is 0.253 e. The predicted octanol–water partition coefficient (Wildman–Crippen LogP) is 1.70. The first-order valence-corrected chi connectivity index (χ1v) is 6.49. The third-order valence-electron chi connectivity index (χ3n) is 3.42. The van der Waals surface area contributed by atoms with Crippen molar-refractivity contribution >= 4 is 11.9 Å². The Morgan fingerprint density at radius 2 is 1.89 bits per heavy atom. The number of hydrogen-bond acceptors (Lipinski definition) is 2. The number of rotatable bonds is 3. The summed E-state index contributed by atoms with van der Waals surface area (Å²) in [5.74, 6) is 1.31. The van der Waals surface area contributed by atoms with Gasteiger partial charge >= 0.3 is 0 Å². The standard InChI is InChI=1S/C14H17N3O/c1-2-15-14-16-12(13(18)17-14)11-7-5-10(6-8-11)9-3-4-9/h5-9,12H,2-4H2,1H3,(H2,15,16,17,18). The van der Waals surface area contributed by atoms with Gasteiger partial charge in [-0.05, 0) is 36.8 Å². The van der Waals surface area contributed by atoms with Gasteiger partial charge in [0, 0.05) is 6.54 Å². The largest absolute Gasteiger partial charge is 0.340 e. The Balaban J connectivity index is 1.77. The second kappa shape index (κ2) is 4.44. The molecule has 0 spiro atoms. The van der Waals surface area contributed by atoms with Crippen LogP contribution in [-0.2, 0) is 4.79 Å². The molecule has 18 heavy (non-hydrogen) atoms. The molecule has 1 saturated carbocycles. The maximum absolute atomic E-state index is 11.8. The van der Waals surface area contributed by atoms with Crippen LogP contribution in [0.25, 0.3) is 0 Å². The smallest absolute Gasteiger partial charge is 0.253 e. The summed E-state index contributed by atoms with van der Waals surface area (Å²) < 4.78 is 0. The summed E-state index contributed by atoms with van der Waals surface area (Å²) in [5, 5.41) is 5.86. The van der Waals surface area contributed by atoms with Gasteiger partial charge in [0.1, 0.15) is 6.04 Å². The molecule has 0 radical (unpaired) electrons. The van der Waals surface area contributed by atoms with Crippen molar-refractivity contribution in [2.75, 3.05) is 6.54 Å². The molecule has 1 aromatic carbocycles. The lowest BCUT2D eigenvalue weighted by Gasteiger charge is -2.08. The number of guanidine groups is 1. The fraction of sp³-hybridized carbons (Fsp3) is 0.429. The molecule has 2 N–H and O–H groups in total. The van der Waals surface area contributed by atoms with Gasteiger partial charge in [0.05, 0.1) is 0 Å². The number of carbonyl (C=O) groups excluding carboxylic acids is 1. The Morgan fingerprint density at radius 1 is 1.22 bits per heavy atom. The van der Waals surface area contributed by atoms with Crippen LogP contribution < -0.4 is 10.6 Å². The lowest BCUT2D eigenvalue weighted by Crippen LogP contribution is -2.25. The molecule has 0 aromatic heterocycles. The second-order valence-electron chi connectivity index (χ2n) is 4.83. The quantitative estimate of drug-likeness (QED) is 0.849. The highest BCUT2D eigenvalue weighted by Crippen LogP contribution is 2.40. The highest BCUT2D eigenvalue weighted by molar-refractivity contribution is 6.06. The molecule has 1 aromatic rings. The van der Waals surface area contributed by atoms with Gasteiger partial charge in [-0.25, -0.2) is 0 Å². The van der Waals surface area contributed by atoms with Crippen LogP contribution in [0, 0.1) is 0 Å². The van der Waals surface area contributed by atoms with Gasteiger partial charge in [0.25, 0.3) is 5.91 Å². The molecule has 1 aliphatic heterocycles. The predicted molar refractivity (Wildman–Crippen MR) is 70.4 cm³/mol. The monoisotopic (exact) mass is 243 g/mol. The zero-order valence-corrected chi connectivity index (χ0v) is 10.4. The summed E-state index contributed by atoms with van der Waals surface area (Å²) in [4.78, 5) is 16.0. The lowest BCUT2D eigenvalue weighted by atomic mass is 10.0. The Hall–Kier alpha value is -1.84. The first-order valence-electron chi connectivity index (χ1n) is 6.49. The average molecular weight is 243 g/mol. The van der Waals surface area contributed by atoms with Crippen LogP contribution in [0.5, 0.6) is 0 Å². The summed E-state index contributed by atoms with van der Waals surface area (Å²) in [5.41, 5.74) is 2.39. The zero-order chi connectivity index (χ0) is 12.5. The van der Waals surface area contributed by atoms with Crippen molar-refractivity contribution in [2.45, 2.75) is 31.7 Å². The van der Waals surface area contributed by atoms with Gasteiger partial charge in [-0.3, -0.25) is 15.1 Å². The number of nitrogens with one attached hydrogen (secondary N) is 2. The lowest BCUT2D eigenvalue weighted by molar-refractivity contribution is -0.120. The van der Waals surface area contributed by atoms with Crippen molar-refractivity contribution in [3.63, 3.8) is 0 Å². The first kappa shape index (κ1) is 11.3. The molecule has 2 fully saturated rings. The van der Waals surface area contributed by atoms with E-state index in [0.29, 0.717) is 12.5 Å². The molecular formula is C14H17N3O. The van der Waals surface area contributed by atoms with Crippen LogP contribution in [0.3, 0.4) is 0 Å². The van der Waals surface area contributed by atoms with Crippen molar-refractivity contribution in [1.82, 2.24) is 10.6 Å². The van der Waals surface area contributed by atoms with E-state index in [1.165, 1.54) is 18.4 Å². The fourth-order valence-electron chi connectivity index (χ4n) is 2.28. The minimum atomic E-state index is -0.302. The minimum absolute atomic E-state index is 0.0265. The molecule has 1 aliphatic carbocycles. The summed E-state index contributed by atoms with van der Waals surface area (Å²) in [7, 11) is 0. The molecule has 0 bridgehead atoms. The first-order chi connectivity index (χ1) is 8.78. The van der Waals surface area contributed by atoms with E-state index in [-0.39, 0.29) is 11.9 Å². The highest BCUT2D eigenvalue weighted by atomic mass is 16.2. The Kier molecular flexibility index (Phi) is 2.78. The molecule has 2 aliphatic rings. The fourth-order valence-corrected chi connectivity index (χ4v) is 2.28. The van der Waals surface area contributed by atoms with E-state index >= 15 is 0 Å². The summed E-state index contributed by atoms with van der Waals surface area (Å²) in [6.07, 6.45) is 2.60. The van der Waals surface area contributed by atoms with Gasteiger partial charge in [0.15, 0.2) is 5.96 Å². The number of benzene rings is 1. The molecular weight excluding hydrogens is 226 g/mol. The molecule has 3 rings (SSSR count). The van der Waals surface area contributed by atoms with Crippen LogP contribution in [0.2, 0.25) is 0 Å². The van der Waals surface area contributed by atoms with Crippen molar-refractivity contribution in [3.05, 3.63) is 35.4 Å². The van der Waals surface area contributed by atoms with E-state index in [1.54, 1.807) is 0 Å². The van der Waals surface area contributed by atoms with Crippen molar-refractivity contribution < 1.29 is 4.79 Å². The van der Waals surface area contributed by atoms with Crippen molar-refractivity contribution in [3.8, 4) is 0 Å². The van der Waals surface area contributed by atoms with Crippen LogP contribution in [0.1, 0.15) is 42.9 Å². The van der Waals surface area contributed by atoms with Gasteiger partial charge in [-0.2, -0.15) is 0 Å². The van der Waals surface area contributed by atoms with Gasteiger partial charge in [-0.15, -0.1) is 0 Å². The van der Waals surface area contributed by atoms with E-state index < -0.39 is 0 Å². The van der Waals surface area contributed by atoms with Crippen LogP contribution in [-0.4, -0.2) is 18.4 Å². The number of hydrogen-bond donors (Lipinski definition) is 2. The van der Waals surface area contributed by atoms with Gasteiger partial charge in [0.2, 0.25) is 0 Å². The van der Waals surface area contributed by atoms with Crippen LogP contribution in [0.15, 0.2) is 29.3 Å². The number of carbonyl (C=O) groups is 1. The van der Waals surface area contributed by atoms with E-state index in [4.69, 9.17) is 0 Å². The number of amides is 1. The molecule has 4 nitrogen and oxygen atoms in total. The van der Waals surface area contributed by atoms with Crippen LogP contribution in [0.4, 0.5) is 0 Å². The number of nitrogens with zero attached hydrogens (tertiary/aromatic N) is 1. The average Bonchev–Trinajstić information content (AvgIpc) is 3.15. The van der Waals surface area contributed by atoms with E-state index in [0.717, 1.165) is 11.5 Å². The summed E-state index contributed by atoms with van der Waals surface area (Å²) in [6.45, 7) is 2.61. The third-order valence-corrected chi connectivity index (χ3v) is 3.42. The van der Waals surface area contributed by atoms with Crippen LogP contribution >= 0.6 is 0 Å². The normalized spacial score (nSPS) is 25.1. The van der Waals surface area contributed by atoms with E-state index in [2.05, 4.69) is 27.8 Å². The Labute approximate surface area is 106 Å². The summed E-state index contributed by atoms with van der Waals surface area (Å²) in [6, 6.07) is 8.05. The van der Waals surface area contributed by atoms with Crippen molar-refractivity contribution in [1.29, 1.82) is 0 Å². The molecule has 1 saturated heterocycles. The molecule has 94 valence electrons. The number of aliphatic imine (C=N–C) groups is 1.